The van der Waals surface area contributed by atoms with Crippen molar-refractivity contribution in [1.82, 2.24) is 0 Å². The Morgan fingerprint density at radius 3 is 2.74 bits per heavy atom. The van der Waals surface area contributed by atoms with Gasteiger partial charge in [0.15, 0.2) is 9.84 Å². The molecule has 0 spiro atoms. The lowest BCUT2D eigenvalue weighted by atomic mass is 10.2. The van der Waals surface area contributed by atoms with E-state index in [2.05, 4.69) is 4.74 Å². The van der Waals surface area contributed by atoms with E-state index in [1.807, 2.05) is 0 Å². The van der Waals surface area contributed by atoms with Gasteiger partial charge in [0, 0.05) is 11.8 Å². The van der Waals surface area contributed by atoms with Crippen LogP contribution in [0.3, 0.4) is 0 Å². The maximum absolute atomic E-state index is 11.6. The van der Waals surface area contributed by atoms with Crippen molar-refractivity contribution >= 4 is 21.5 Å². The van der Waals surface area contributed by atoms with Gasteiger partial charge < -0.3 is 15.2 Å². The van der Waals surface area contributed by atoms with Gasteiger partial charge in [0.05, 0.1) is 18.6 Å². The number of ether oxygens (including phenoxy) is 2. The minimum Gasteiger partial charge on any atom is -0.488 e. The fourth-order valence-electron chi connectivity index (χ4n) is 1.95. The van der Waals surface area contributed by atoms with Gasteiger partial charge in [-0.1, -0.05) is 0 Å². The van der Waals surface area contributed by atoms with Gasteiger partial charge in [-0.15, -0.1) is 0 Å². The molecule has 1 fully saturated rings. The second-order valence-corrected chi connectivity index (χ2v) is 6.62. The first-order valence-electron chi connectivity index (χ1n) is 5.76. The van der Waals surface area contributed by atoms with Crippen LogP contribution in [-0.4, -0.2) is 39.1 Å². The zero-order chi connectivity index (χ0) is 14.0. The number of carbonyl (C=O) groups is 1. The molecule has 1 aromatic rings. The normalized spacial score (nSPS) is 21.0. The summed E-state index contributed by atoms with van der Waals surface area (Å²) in [4.78, 5) is 11.6. The van der Waals surface area contributed by atoms with Crippen LogP contribution in [0, 0.1) is 0 Å². The maximum atomic E-state index is 11.6. The lowest BCUT2D eigenvalue weighted by molar-refractivity contribution is 0.0594. The van der Waals surface area contributed by atoms with Gasteiger partial charge in [-0.25, -0.2) is 13.2 Å². The van der Waals surface area contributed by atoms with Crippen molar-refractivity contribution in [3.63, 3.8) is 0 Å². The van der Waals surface area contributed by atoms with Crippen molar-refractivity contribution in [3.8, 4) is 5.75 Å². The SMILES string of the molecule is COC(=O)c1ccc(N)cc1OC1CCS(=O)(=O)C1. The number of hydrogen-bond donors (Lipinski definition) is 1. The number of methoxy groups -OCH3 is 1. The van der Waals surface area contributed by atoms with E-state index in [4.69, 9.17) is 10.5 Å². The first kappa shape index (κ1) is 13.7. The average molecular weight is 285 g/mol. The number of nitrogens with two attached hydrogens (primary N) is 1. The van der Waals surface area contributed by atoms with Crippen molar-refractivity contribution in [1.29, 1.82) is 0 Å². The number of nitrogen functional groups attached to an aromatic ring is 1. The molecular formula is C12H15NO5S. The predicted molar refractivity (Wildman–Crippen MR) is 69.9 cm³/mol. The van der Waals surface area contributed by atoms with E-state index in [1.165, 1.54) is 19.2 Å². The molecule has 0 saturated carbocycles. The molecule has 0 bridgehead atoms. The standard InChI is InChI=1S/C12H15NO5S/c1-17-12(14)10-3-2-8(13)6-11(10)18-9-4-5-19(15,16)7-9/h2-3,6,9H,4-5,7,13H2,1H3. The van der Waals surface area contributed by atoms with Gasteiger partial charge in [0.1, 0.15) is 17.4 Å². The smallest absolute Gasteiger partial charge is 0.341 e. The molecule has 6 nitrogen and oxygen atoms in total. The van der Waals surface area contributed by atoms with Gasteiger partial charge in [-0.05, 0) is 18.6 Å². The monoisotopic (exact) mass is 285 g/mol. The maximum Gasteiger partial charge on any atom is 0.341 e. The van der Waals surface area contributed by atoms with E-state index < -0.39 is 21.9 Å². The molecule has 1 saturated heterocycles. The number of hydrogen-bond acceptors (Lipinski definition) is 6. The summed E-state index contributed by atoms with van der Waals surface area (Å²) in [6.07, 6.45) is -0.0345. The number of carbonyl (C=O) groups excluding carboxylic acids is 1. The number of anilines is 1. The van der Waals surface area contributed by atoms with Crippen molar-refractivity contribution in [2.75, 3.05) is 24.3 Å². The molecule has 1 heterocycles. The van der Waals surface area contributed by atoms with Gasteiger partial charge >= 0.3 is 5.97 Å². The molecule has 2 rings (SSSR count). The zero-order valence-electron chi connectivity index (χ0n) is 10.5. The predicted octanol–water partition coefficient (Wildman–Crippen LogP) is 0.621. The molecule has 1 unspecified atom stereocenters. The van der Waals surface area contributed by atoms with Crippen molar-refractivity contribution < 1.29 is 22.7 Å². The van der Waals surface area contributed by atoms with Crippen LogP contribution in [0.1, 0.15) is 16.8 Å². The lowest BCUT2D eigenvalue weighted by Gasteiger charge is -2.15. The fraction of sp³-hybridized carbons (Fsp3) is 0.417. The second kappa shape index (κ2) is 5.08. The average Bonchev–Trinajstić information content (AvgIpc) is 2.68. The summed E-state index contributed by atoms with van der Waals surface area (Å²) in [6, 6.07) is 4.56. The highest BCUT2D eigenvalue weighted by Gasteiger charge is 2.30. The third-order valence-electron chi connectivity index (χ3n) is 2.90. The van der Waals surface area contributed by atoms with Crippen LogP contribution >= 0.6 is 0 Å². The number of rotatable bonds is 3. The summed E-state index contributed by atoms with van der Waals surface area (Å²) in [5.74, 6) is -0.222. The van der Waals surface area contributed by atoms with Crippen LogP contribution in [0.5, 0.6) is 5.75 Å². The zero-order valence-corrected chi connectivity index (χ0v) is 11.3. The van der Waals surface area contributed by atoms with Gasteiger partial charge in [0.25, 0.3) is 0 Å². The van der Waals surface area contributed by atoms with Gasteiger partial charge in [-0.2, -0.15) is 0 Å². The lowest BCUT2D eigenvalue weighted by Crippen LogP contribution is -2.19. The minimum absolute atomic E-state index is 0.0393. The van der Waals surface area contributed by atoms with Gasteiger partial charge in [0.2, 0.25) is 0 Å². The Morgan fingerprint density at radius 1 is 1.42 bits per heavy atom. The van der Waals surface area contributed by atoms with Crippen molar-refractivity contribution in [3.05, 3.63) is 23.8 Å². The molecule has 0 aliphatic carbocycles. The summed E-state index contributed by atoms with van der Waals surface area (Å²) in [7, 11) is -1.77. The summed E-state index contributed by atoms with van der Waals surface area (Å²) >= 11 is 0. The molecule has 1 aliphatic heterocycles. The molecule has 1 aliphatic rings. The van der Waals surface area contributed by atoms with E-state index in [0.717, 1.165) is 0 Å². The molecule has 0 radical (unpaired) electrons. The molecule has 0 aromatic heterocycles. The third-order valence-corrected chi connectivity index (χ3v) is 4.63. The Bertz CT molecular complexity index is 596. The quantitative estimate of drug-likeness (QED) is 0.646. The highest BCUT2D eigenvalue weighted by atomic mass is 32.2. The Hall–Kier alpha value is -1.76. The van der Waals surface area contributed by atoms with Crippen molar-refractivity contribution in [2.24, 2.45) is 0 Å². The Balaban J connectivity index is 2.24. The third kappa shape index (κ3) is 3.17. The van der Waals surface area contributed by atoms with E-state index in [1.54, 1.807) is 6.07 Å². The molecule has 19 heavy (non-hydrogen) atoms. The summed E-state index contributed by atoms with van der Waals surface area (Å²) < 4.78 is 33.0. The molecule has 7 heteroatoms. The molecule has 0 amide bonds. The van der Waals surface area contributed by atoms with Crippen LogP contribution in [0.4, 0.5) is 5.69 Å². The highest BCUT2D eigenvalue weighted by molar-refractivity contribution is 7.91. The van der Waals surface area contributed by atoms with Crippen LogP contribution in [0.15, 0.2) is 18.2 Å². The van der Waals surface area contributed by atoms with Crippen LogP contribution in [0.25, 0.3) is 0 Å². The molecule has 1 aromatic carbocycles. The highest BCUT2D eigenvalue weighted by Crippen LogP contribution is 2.26. The molecule has 1 atom stereocenters. The summed E-state index contributed by atoms with van der Waals surface area (Å²) in [5.41, 5.74) is 6.32. The number of esters is 1. The van der Waals surface area contributed by atoms with Crippen LogP contribution in [0.2, 0.25) is 0 Å². The van der Waals surface area contributed by atoms with E-state index in [0.29, 0.717) is 12.1 Å². The van der Waals surface area contributed by atoms with Gasteiger partial charge in [-0.3, -0.25) is 0 Å². The largest absolute Gasteiger partial charge is 0.488 e. The number of sulfone groups is 1. The van der Waals surface area contributed by atoms with E-state index >= 15 is 0 Å². The van der Waals surface area contributed by atoms with E-state index in [-0.39, 0.29) is 22.8 Å². The molecular weight excluding hydrogens is 270 g/mol. The first-order valence-corrected chi connectivity index (χ1v) is 7.58. The Labute approximate surface area is 111 Å². The second-order valence-electron chi connectivity index (χ2n) is 4.39. The van der Waals surface area contributed by atoms with Crippen LogP contribution < -0.4 is 10.5 Å². The summed E-state index contributed by atoms with van der Waals surface area (Å²) in [5, 5.41) is 0. The summed E-state index contributed by atoms with van der Waals surface area (Å²) in [6.45, 7) is 0. The topological polar surface area (TPSA) is 95.7 Å². The van der Waals surface area contributed by atoms with E-state index in [9.17, 15) is 13.2 Å². The Morgan fingerprint density at radius 2 is 2.16 bits per heavy atom. The molecule has 104 valence electrons. The van der Waals surface area contributed by atoms with Crippen molar-refractivity contribution in [2.45, 2.75) is 12.5 Å². The van der Waals surface area contributed by atoms with Crippen LogP contribution in [-0.2, 0) is 14.6 Å². The first-order chi connectivity index (χ1) is 8.91. The Kier molecular flexibility index (Phi) is 3.66. The number of benzene rings is 1. The minimum atomic E-state index is -3.04. The molecule has 2 N–H and O–H groups in total. The fourth-order valence-corrected chi connectivity index (χ4v) is 3.54.